The van der Waals surface area contributed by atoms with Crippen LogP contribution in [0.2, 0.25) is 10.0 Å². The van der Waals surface area contributed by atoms with Crippen molar-refractivity contribution in [3.63, 3.8) is 0 Å². The third-order valence-corrected chi connectivity index (χ3v) is 9.62. The summed E-state index contributed by atoms with van der Waals surface area (Å²) in [6.45, 7) is 4.85. The molecule has 0 aliphatic heterocycles. The highest BCUT2D eigenvalue weighted by molar-refractivity contribution is 7.92. The molecule has 1 aliphatic carbocycles. The molecule has 4 rings (SSSR count). The van der Waals surface area contributed by atoms with Crippen LogP contribution in [-0.4, -0.2) is 44.6 Å². The molecule has 0 bridgehead atoms. The van der Waals surface area contributed by atoms with Crippen molar-refractivity contribution in [3.05, 3.63) is 46.2 Å². The molecule has 2 N–H and O–H groups in total. The minimum absolute atomic E-state index is 0.00633. The Bertz CT molecular complexity index is 1440. The number of nitrogens with zero attached hydrogens (tertiary/aromatic N) is 2. The van der Waals surface area contributed by atoms with Gasteiger partial charge in [-0.3, -0.25) is 9.52 Å². The SMILES string of the molecule is CCOC(=O)C1CCC(CNc2nc(C)c(-c3cnc(OC)c(S(=O)(=O)Nc4ccc(Cl)cc4Cl)c3)s2)CC1. The van der Waals surface area contributed by atoms with Crippen molar-refractivity contribution < 1.29 is 22.7 Å². The van der Waals surface area contributed by atoms with Crippen LogP contribution in [0.1, 0.15) is 38.3 Å². The number of sulfonamides is 1. The Balaban J connectivity index is 1.48. The number of halogens is 2. The Hall–Kier alpha value is -2.60. The third-order valence-electron chi connectivity index (χ3n) is 6.54. The van der Waals surface area contributed by atoms with Crippen molar-refractivity contribution in [2.75, 3.05) is 30.3 Å². The van der Waals surface area contributed by atoms with Gasteiger partial charge in [0.2, 0.25) is 5.88 Å². The molecule has 2 aromatic heterocycles. The molecular weight excluding hydrogens is 583 g/mol. The molecule has 9 nitrogen and oxygen atoms in total. The molecule has 0 radical (unpaired) electrons. The fourth-order valence-electron chi connectivity index (χ4n) is 4.51. The zero-order chi connectivity index (χ0) is 28.2. The van der Waals surface area contributed by atoms with Gasteiger partial charge in [-0.25, -0.2) is 18.4 Å². The number of aryl methyl sites for hydroxylation is 1. The van der Waals surface area contributed by atoms with Crippen LogP contribution in [0.25, 0.3) is 10.4 Å². The Morgan fingerprint density at radius 1 is 1.18 bits per heavy atom. The molecule has 3 aromatic rings. The average Bonchev–Trinajstić information content (AvgIpc) is 3.29. The Kier molecular flexibility index (Phi) is 9.58. The summed E-state index contributed by atoms with van der Waals surface area (Å²) in [5.74, 6) is 0.294. The molecule has 1 fully saturated rings. The van der Waals surface area contributed by atoms with E-state index < -0.39 is 10.0 Å². The van der Waals surface area contributed by atoms with Crippen molar-refractivity contribution in [3.8, 4) is 16.3 Å². The summed E-state index contributed by atoms with van der Waals surface area (Å²) in [5.41, 5.74) is 1.53. The van der Waals surface area contributed by atoms with E-state index in [2.05, 4.69) is 20.0 Å². The Morgan fingerprint density at radius 3 is 2.59 bits per heavy atom. The van der Waals surface area contributed by atoms with E-state index in [0.717, 1.165) is 47.9 Å². The number of ether oxygens (including phenoxy) is 2. The van der Waals surface area contributed by atoms with Crippen molar-refractivity contribution in [1.82, 2.24) is 9.97 Å². The van der Waals surface area contributed by atoms with Crippen LogP contribution >= 0.6 is 34.5 Å². The van der Waals surface area contributed by atoms with Gasteiger partial charge in [-0.05, 0) is 69.7 Å². The standard InChI is InChI=1S/C26H30Cl2N4O5S2/c1-4-37-25(33)17-7-5-16(6-8-17)13-30-26-31-15(2)23(38-26)18-11-22(24(36-3)29-14-18)39(34,35)32-21-10-9-19(27)12-20(21)28/h9-12,14,16-17,32H,4-8,13H2,1-3H3,(H,30,31). The molecule has 39 heavy (non-hydrogen) atoms. The quantitative estimate of drug-likeness (QED) is 0.252. The molecule has 0 spiro atoms. The van der Waals surface area contributed by atoms with Gasteiger partial charge in [0.15, 0.2) is 5.13 Å². The van der Waals surface area contributed by atoms with Gasteiger partial charge in [0.1, 0.15) is 4.90 Å². The summed E-state index contributed by atoms with van der Waals surface area (Å²) < 4.78 is 39.5. The smallest absolute Gasteiger partial charge is 0.308 e. The summed E-state index contributed by atoms with van der Waals surface area (Å²) in [4.78, 5) is 21.5. The zero-order valence-electron chi connectivity index (χ0n) is 21.8. The van der Waals surface area contributed by atoms with E-state index in [1.165, 1.54) is 36.6 Å². The summed E-state index contributed by atoms with van der Waals surface area (Å²) in [7, 11) is -2.74. The molecule has 2 heterocycles. The highest BCUT2D eigenvalue weighted by Gasteiger charge is 2.28. The molecular formula is C26H30Cl2N4O5S2. The minimum Gasteiger partial charge on any atom is -0.480 e. The number of methoxy groups -OCH3 is 1. The number of carbonyl (C=O) groups is 1. The number of aromatic nitrogens is 2. The van der Waals surface area contributed by atoms with Gasteiger partial charge < -0.3 is 14.8 Å². The lowest BCUT2D eigenvalue weighted by Crippen LogP contribution is -2.26. The van der Waals surface area contributed by atoms with Crippen molar-refractivity contribution in [2.24, 2.45) is 11.8 Å². The van der Waals surface area contributed by atoms with Gasteiger partial charge in [0.05, 0.1) is 40.9 Å². The minimum atomic E-state index is -4.10. The fraction of sp³-hybridized carbons (Fsp3) is 0.423. The number of benzene rings is 1. The maximum Gasteiger partial charge on any atom is 0.308 e. The number of hydrogen-bond donors (Lipinski definition) is 2. The van der Waals surface area contributed by atoms with Gasteiger partial charge in [-0.2, -0.15) is 0 Å². The molecule has 0 unspecified atom stereocenters. The van der Waals surface area contributed by atoms with E-state index in [-0.39, 0.29) is 33.4 Å². The van der Waals surface area contributed by atoms with E-state index in [9.17, 15) is 13.2 Å². The highest BCUT2D eigenvalue weighted by atomic mass is 35.5. The van der Waals surface area contributed by atoms with Gasteiger partial charge in [0, 0.05) is 23.3 Å². The van der Waals surface area contributed by atoms with Crippen LogP contribution in [0.3, 0.4) is 0 Å². The number of pyridine rings is 1. The number of carbonyl (C=O) groups excluding carboxylic acids is 1. The molecule has 1 aromatic carbocycles. The first-order valence-electron chi connectivity index (χ1n) is 12.5. The second-order valence-corrected chi connectivity index (χ2v) is 12.7. The average molecular weight is 614 g/mol. The molecule has 0 atom stereocenters. The Morgan fingerprint density at radius 2 is 1.92 bits per heavy atom. The van der Waals surface area contributed by atoms with Crippen LogP contribution in [0, 0.1) is 18.8 Å². The lowest BCUT2D eigenvalue weighted by Gasteiger charge is -2.27. The molecule has 1 aliphatic rings. The molecule has 0 saturated heterocycles. The monoisotopic (exact) mass is 612 g/mol. The Labute approximate surface area is 242 Å². The lowest BCUT2D eigenvalue weighted by atomic mass is 9.82. The lowest BCUT2D eigenvalue weighted by molar-refractivity contribution is -0.149. The first kappa shape index (κ1) is 29.4. The van der Waals surface area contributed by atoms with Gasteiger partial charge in [0.25, 0.3) is 10.0 Å². The largest absolute Gasteiger partial charge is 0.480 e. The number of rotatable bonds is 10. The molecule has 13 heteroatoms. The van der Waals surface area contributed by atoms with E-state index in [1.807, 2.05) is 13.8 Å². The second-order valence-electron chi connectivity index (χ2n) is 9.25. The normalized spacial score (nSPS) is 17.5. The third kappa shape index (κ3) is 7.13. The summed E-state index contributed by atoms with van der Waals surface area (Å²) in [5, 5.41) is 4.70. The van der Waals surface area contributed by atoms with Gasteiger partial charge in [-0.1, -0.05) is 34.5 Å². The maximum absolute atomic E-state index is 13.3. The summed E-state index contributed by atoms with van der Waals surface area (Å²) >= 11 is 13.5. The first-order valence-corrected chi connectivity index (χ1v) is 15.6. The van der Waals surface area contributed by atoms with Gasteiger partial charge in [-0.15, -0.1) is 0 Å². The fourth-order valence-corrected chi connectivity index (χ4v) is 7.20. The number of hydrogen-bond acceptors (Lipinski definition) is 9. The molecule has 210 valence electrons. The zero-order valence-corrected chi connectivity index (χ0v) is 24.9. The maximum atomic E-state index is 13.3. The summed E-state index contributed by atoms with van der Waals surface area (Å²) in [6, 6.07) is 5.99. The topological polar surface area (TPSA) is 120 Å². The number of esters is 1. The van der Waals surface area contributed by atoms with E-state index in [4.69, 9.17) is 32.7 Å². The van der Waals surface area contributed by atoms with Crippen molar-refractivity contribution in [2.45, 2.75) is 44.4 Å². The predicted octanol–water partition coefficient (Wildman–Crippen LogP) is 6.41. The summed E-state index contributed by atoms with van der Waals surface area (Å²) in [6.07, 6.45) is 5.12. The number of nitrogens with one attached hydrogen (secondary N) is 2. The van der Waals surface area contributed by atoms with Gasteiger partial charge >= 0.3 is 5.97 Å². The first-order chi connectivity index (χ1) is 18.6. The van der Waals surface area contributed by atoms with Crippen molar-refractivity contribution in [1.29, 1.82) is 0 Å². The van der Waals surface area contributed by atoms with Crippen molar-refractivity contribution >= 4 is 61.4 Å². The van der Waals surface area contributed by atoms with Crippen LogP contribution in [0.15, 0.2) is 35.4 Å². The predicted molar refractivity (Wildman–Crippen MR) is 154 cm³/mol. The van der Waals surface area contributed by atoms with Crippen LogP contribution in [0.5, 0.6) is 5.88 Å². The molecule has 1 saturated carbocycles. The van der Waals surface area contributed by atoms with Crippen LogP contribution in [-0.2, 0) is 19.6 Å². The van der Waals surface area contributed by atoms with E-state index in [0.29, 0.717) is 23.1 Å². The van der Waals surface area contributed by atoms with E-state index in [1.54, 1.807) is 12.3 Å². The van der Waals surface area contributed by atoms with Crippen LogP contribution in [0.4, 0.5) is 10.8 Å². The highest BCUT2D eigenvalue weighted by Crippen LogP contribution is 2.37. The molecule has 0 amide bonds. The second kappa shape index (κ2) is 12.7. The number of anilines is 2. The van der Waals surface area contributed by atoms with E-state index >= 15 is 0 Å². The van der Waals surface area contributed by atoms with Crippen LogP contribution < -0.4 is 14.8 Å². The number of thiazole rings is 1.